The van der Waals surface area contributed by atoms with Crippen LogP contribution >= 0.6 is 0 Å². The van der Waals surface area contributed by atoms with Gasteiger partial charge in [0.2, 0.25) is 15.9 Å². The number of nitrogens with zero attached hydrogens (tertiary/aromatic N) is 1. The van der Waals surface area contributed by atoms with Gasteiger partial charge in [0.05, 0.1) is 6.54 Å². The van der Waals surface area contributed by atoms with Crippen LogP contribution in [0.4, 0.5) is 0 Å². The quantitative estimate of drug-likeness (QED) is 0.662. The van der Waals surface area contributed by atoms with Gasteiger partial charge >= 0.3 is 5.97 Å². The number of carbonyl (C=O) groups excluding carboxylic acids is 1. The van der Waals surface area contributed by atoms with E-state index in [1.54, 1.807) is 20.8 Å². The van der Waals surface area contributed by atoms with Crippen LogP contribution in [0.15, 0.2) is 0 Å². The lowest BCUT2D eigenvalue weighted by Crippen LogP contribution is -2.46. The molecule has 0 aromatic heterocycles. The molecule has 7 nitrogen and oxygen atoms in total. The molecule has 8 heteroatoms. The number of carbonyl (C=O) groups is 2. The normalized spacial score (nSPS) is 13.7. The first kappa shape index (κ1) is 16.9. The van der Waals surface area contributed by atoms with E-state index in [0.29, 0.717) is 0 Å². The highest BCUT2D eigenvalue weighted by Gasteiger charge is 2.33. The molecule has 0 aliphatic heterocycles. The second kappa shape index (κ2) is 6.69. The summed E-state index contributed by atoms with van der Waals surface area (Å²) in [6.07, 6.45) is 0. The first-order valence-electron chi connectivity index (χ1n) is 5.64. The molecule has 106 valence electrons. The Labute approximate surface area is 107 Å². The van der Waals surface area contributed by atoms with Gasteiger partial charge in [0.1, 0.15) is 0 Å². The number of carboxylic acids is 1. The molecular formula is C10H20N2O5S. The zero-order valence-electron chi connectivity index (χ0n) is 11.0. The number of amides is 1. The fraction of sp³-hybridized carbons (Fsp3) is 0.800. The highest BCUT2D eigenvalue weighted by atomic mass is 32.2. The van der Waals surface area contributed by atoms with Crippen LogP contribution in [0.3, 0.4) is 0 Å². The summed E-state index contributed by atoms with van der Waals surface area (Å²) in [4.78, 5) is 22.2. The van der Waals surface area contributed by atoms with E-state index in [0.717, 1.165) is 11.2 Å². The number of aliphatic carboxylic acids is 1. The zero-order valence-corrected chi connectivity index (χ0v) is 11.8. The molecule has 18 heavy (non-hydrogen) atoms. The Kier molecular flexibility index (Phi) is 6.27. The number of hydrogen-bond donors (Lipinski definition) is 2. The highest BCUT2D eigenvalue weighted by Crippen LogP contribution is 2.08. The standard InChI is InChI=1S/C10H20N2O5S/c1-5-12(6-9(13)11-7(2)3)18(16,17)8(4)10(14)15/h7-8H,5-6H2,1-4H3,(H,11,13)(H,14,15). The second-order valence-electron chi connectivity index (χ2n) is 4.17. The topological polar surface area (TPSA) is 104 Å². The largest absolute Gasteiger partial charge is 0.480 e. The van der Waals surface area contributed by atoms with Gasteiger partial charge in [-0.05, 0) is 20.8 Å². The van der Waals surface area contributed by atoms with E-state index < -0.39 is 27.1 Å². The van der Waals surface area contributed by atoms with Crippen molar-refractivity contribution in [2.75, 3.05) is 13.1 Å². The van der Waals surface area contributed by atoms with Crippen LogP contribution in [-0.2, 0) is 19.6 Å². The van der Waals surface area contributed by atoms with Crippen molar-refractivity contribution in [3.8, 4) is 0 Å². The Morgan fingerprint density at radius 3 is 2.11 bits per heavy atom. The third kappa shape index (κ3) is 4.61. The summed E-state index contributed by atoms with van der Waals surface area (Å²) in [5.41, 5.74) is 0. The van der Waals surface area contributed by atoms with Crippen molar-refractivity contribution in [3.05, 3.63) is 0 Å². The van der Waals surface area contributed by atoms with Gasteiger partial charge in [-0.25, -0.2) is 8.42 Å². The molecule has 0 bridgehead atoms. The van der Waals surface area contributed by atoms with Gasteiger partial charge in [-0.1, -0.05) is 6.92 Å². The molecule has 0 rings (SSSR count). The van der Waals surface area contributed by atoms with Gasteiger partial charge in [0.15, 0.2) is 5.25 Å². The van der Waals surface area contributed by atoms with Crippen LogP contribution in [0.5, 0.6) is 0 Å². The third-order valence-electron chi connectivity index (χ3n) is 2.28. The fourth-order valence-corrected chi connectivity index (χ4v) is 2.62. The molecule has 0 fully saturated rings. The third-order valence-corrected chi connectivity index (χ3v) is 4.48. The maximum Gasteiger partial charge on any atom is 0.323 e. The van der Waals surface area contributed by atoms with Crippen LogP contribution in [0.1, 0.15) is 27.7 Å². The van der Waals surface area contributed by atoms with E-state index in [9.17, 15) is 18.0 Å². The summed E-state index contributed by atoms with van der Waals surface area (Å²) in [6, 6.07) is -0.101. The molecule has 0 spiro atoms. The minimum absolute atomic E-state index is 0.0471. The molecule has 0 aliphatic rings. The van der Waals surface area contributed by atoms with Crippen molar-refractivity contribution >= 4 is 21.9 Å². The summed E-state index contributed by atoms with van der Waals surface area (Å²) in [5, 5.41) is 9.73. The number of hydrogen-bond acceptors (Lipinski definition) is 4. The van der Waals surface area contributed by atoms with Crippen LogP contribution < -0.4 is 5.32 Å². The predicted molar refractivity (Wildman–Crippen MR) is 66.5 cm³/mol. The molecule has 0 aliphatic carbocycles. The number of sulfonamides is 1. The average molecular weight is 280 g/mol. The van der Waals surface area contributed by atoms with Crippen LogP contribution in [0.25, 0.3) is 0 Å². The Bertz CT molecular complexity index is 404. The predicted octanol–water partition coefficient (Wildman–Crippen LogP) is -0.364. The monoisotopic (exact) mass is 280 g/mol. The van der Waals surface area contributed by atoms with Gasteiger partial charge in [0, 0.05) is 12.6 Å². The smallest absolute Gasteiger partial charge is 0.323 e. The lowest BCUT2D eigenvalue weighted by molar-refractivity contribution is -0.136. The molecule has 0 saturated heterocycles. The van der Waals surface area contributed by atoms with Crippen LogP contribution in [-0.4, -0.2) is 54.1 Å². The molecule has 0 radical (unpaired) electrons. The van der Waals surface area contributed by atoms with E-state index in [-0.39, 0.29) is 19.1 Å². The van der Waals surface area contributed by atoms with Crippen molar-refractivity contribution < 1.29 is 23.1 Å². The SMILES string of the molecule is CCN(CC(=O)NC(C)C)S(=O)(=O)C(C)C(=O)O. The van der Waals surface area contributed by atoms with Gasteiger partial charge in [-0.3, -0.25) is 9.59 Å². The van der Waals surface area contributed by atoms with E-state index in [1.165, 1.54) is 0 Å². The van der Waals surface area contributed by atoms with E-state index in [1.807, 2.05) is 0 Å². The number of nitrogens with one attached hydrogen (secondary N) is 1. The van der Waals surface area contributed by atoms with Gasteiger partial charge < -0.3 is 10.4 Å². The average Bonchev–Trinajstić information content (AvgIpc) is 2.23. The van der Waals surface area contributed by atoms with Crippen LogP contribution in [0.2, 0.25) is 0 Å². The number of carboxylic acid groups (broad SMARTS) is 1. The van der Waals surface area contributed by atoms with E-state index in [4.69, 9.17) is 5.11 Å². The number of likely N-dealkylation sites (N-methyl/N-ethyl adjacent to an activating group) is 1. The molecule has 0 aromatic carbocycles. The minimum atomic E-state index is -4.01. The van der Waals surface area contributed by atoms with Crippen LogP contribution in [0, 0.1) is 0 Å². The van der Waals surface area contributed by atoms with Crippen molar-refractivity contribution in [1.82, 2.24) is 9.62 Å². The van der Waals surface area contributed by atoms with Crippen molar-refractivity contribution in [1.29, 1.82) is 0 Å². The summed E-state index contributed by atoms with van der Waals surface area (Å²) < 4.78 is 24.6. The fourth-order valence-electron chi connectivity index (χ4n) is 1.26. The molecule has 0 saturated carbocycles. The highest BCUT2D eigenvalue weighted by molar-refractivity contribution is 7.90. The van der Waals surface area contributed by atoms with Crippen molar-refractivity contribution in [2.45, 2.75) is 39.0 Å². The molecule has 1 amide bonds. The maximum atomic E-state index is 11.9. The lowest BCUT2D eigenvalue weighted by Gasteiger charge is -2.22. The Hall–Kier alpha value is -1.15. The van der Waals surface area contributed by atoms with Crippen molar-refractivity contribution in [3.63, 3.8) is 0 Å². The molecule has 0 aromatic rings. The van der Waals surface area contributed by atoms with Crippen molar-refractivity contribution in [2.24, 2.45) is 0 Å². The Morgan fingerprint density at radius 1 is 1.28 bits per heavy atom. The Morgan fingerprint density at radius 2 is 1.78 bits per heavy atom. The molecule has 1 atom stereocenters. The lowest BCUT2D eigenvalue weighted by atomic mass is 10.4. The Balaban J connectivity index is 4.88. The summed E-state index contributed by atoms with van der Waals surface area (Å²) in [5.74, 6) is -1.88. The zero-order chi connectivity index (χ0) is 14.5. The molecule has 1 unspecified atom stereocenters. The molecular weight excluding hydrogens is 260 g/mol. The second-order valence-corrected chi connectivity index (χ2v) is 6.43. The van der Waals surface area contributed by atoms with Gasteiger partial charge in [-0.2, -0.15) is 4.31 Å². The summed E-state index contributed by atoms with van der Waals surface area (Å²) >= 11 is 0. The first-order chi connectivity index (χ1) is 8.12. The molecule has 0 heterocycles. The molecule has 2 N–H and O–H groups in total. The maximum absolute atomic E-state index is 11.9. The van der Waals surface area contributed by atoms with E-state index in [2.05, 4.69) is 5.32 Å². The first-order valence-corrected chi connectivity index (χ1v) is 7.14. The van der Waals surface area contributed by atoms with Gasteiger partial charge in [0.25, 0.3) is 0 Å². The summed E-state index contributed by atoms with van der Waals surface area (Å²) in [6.45, 7) is 5.82. The minimum Gasteiger partial charge on any atom is -0.480 e. The number of rotatable bonds is 7. The summed E-state index contributed by atoms with van der Waals surface area (Å²) in [7, 11) is -4.01. The van der Waals surface area contributed by atoms with E-state index >= 15 is 0 Å². The van der Waals surface area contributed by atoms with Gasteiger partial charge in [-0.15, -0.1) is 0 Å².